The van der Waals surface area contributed by atoms with E-state index in [0.717, 1.165) is 44.3 Å². The molecule has 0 fully saturated rings. The van der Waals surface area contributed by atoms with Crippen molar-refractivity contribution in [3.63, 3.8) is 0 Å². The van der Waals surface area contributed by atoms with Gasteiger partial charge in [0.25, 0.3) is 0 Å². The maximum atomic E-state index is 10.1. The summed E-state index contributed by atoms with van der Waals surface area (Å²) >= 11 is 0. The maximum Gasteiger partial charge on any atom is 0.136 e. The molecule has 0 unspecified atom stereocenters. The molecule has 0 bridgehead atoms. The zero-order chi connectivity index (χ0) is 19.4. The lowest BCUT2D eigenvalue weighted by Crippen LogP contribution is -2.07. The first-order valence-electron chi connectivity index (χ1n) is 9.34. The summed E-state index contributed by atoms with van der Waals surface area (Å²) in [7, 11) is 0. The highest BCUT2D eigenvalue weighted by Gasteiger charge is 2.24. The van der Waals surface area contributed by atoms with Crippen LogP contribution in [0.15, 0.2) is 60.7 Å². The third-order valence-corrected chi connectivity index (χ3v) is 5.62. The van der Waals surface area contributed by atoms with Crippen molar-refractivity contribution in [3.05, 3.63) is 77.4 Å². The molecule has 5 rings (SSSR count). The molecule has 1 aliphatic rings. The Hall–Kier alpha value is -3.46. The minimum absolute atomic E-state index is 0.235. The van der Waals surface area contributed by atoms with Gasteiger partial charge in [-0.05, 0) is 77.2 Å². The summed E-state index contributed by atoms with van der Waals surface area (Å²) in [5.74, 6) is 1.30. The van der Waals surface area contributed by atoms with Crippen molar-refractivity contribution in [2.45, 2.75) is 20.5 Å². The van der Waals surface area contributed by atoms with Gasteiger partial charge in [0, 0.05) is 16.7 Å². The van der Waals surface area contributed by atoms with Crippen LogP contribution in [0.3, 0.4) is 0 Å². The van der Waals surface area contributed by atoms with E-state index in [4.69, 9.17) is 4.74 Å². The van der Waals surface area contributed by atoms with Crippen molar-refractivity contribution < 1.29 is 14.9 Å². The second-order valence-electron chi connectivity index (χ2n) is 7.46. The molecule has 3 nitrogen and oxygen atoms in total. The van der Waals surface area contributed by atoms with E-state index in [1.54, 1.807) is 24.3 Å². The fourth-order valence-corrected chi connectivity index (χ4v) is 4.01. The van der Waals surface area contributed by atoms with Crippen molar-refractivity contribution in [2.75, 3.05) is 0 Å². The number of ether oxygens (including phenoxy) is 1. The highest BCUT2D eigenvalue weighted by molar-refractivity contribution is 6.05. The number of aromatic hydroxyl groups is 2. The van der Waals surface area contributed by atoms with Gasteiger partial charge in [0.2, 0.25) is 0 Å². The fraction of sp³-hybridized carbons (Fsp3) is 0.120. The number of phenols is 2. The van der Waals surface area contributed by atoms with Gasteiger partial charge < -0.3 is 14.9 Å². The van der Waals surface area contributed by atoms with Crippen LogP contribution in [0.1, 0.15) is 16.7 Å². The number of hydrogen-bond acceptors (Lipinski definition) is 3. The molecule has 0 aliphatic carbocycles. The van der Waals surface area contributed by atoms with Crippen LogP contribution in [-0.2, 0) is 6.61 Å². The summed E-state index contributed by atoms with van der Waals surface area (Å²) in [6.45, 7) is 4.61. The third-order valence-electron chi connectivity index (χ3n) is 5.62. The number of benzene rings is 4. The monoisotopic (exact) mass is 368 g/mol. The van der Waals surface area contributed by atoms with E-state index in [2.05, 4.69) is 38.1 Å². The van der Waals surface area contributed by atoms with Gasteiger partial charge in [0.15, 0.2) is 0 Å². The van der Waals surface area contributed by atoms with Gasteiger partial charge in [-0.3, -0.25) is 0 Å². The van der Waals surface area contributed by atoms with Gasteiger partial charge in [0.1, 0.15) is 23.9 Å². The molecular weight excluding hydrogens is 348 g/mol. The maximum absolute atomic E-state index is 10.1. The van der Waals surface area contributed by atoms with Gasteiger partial charge in [-0.25, -0.2) is 0 Å². The minimum Gasteiger partial charge on any atom is -0.508 e. The first kappa shape index (κ1) is 16.7. The molecule has 0 saturated carbocycles. The lowest BCUT2D eigenvalue weighted by Gasteiger charge is -2.25. The smallest absolute Gasteiger partial charge is 0.136 e. The summed E-state index contributed by atoms with van der Waals surface area (Å²) in [5.41, 5.74) is 7.55. The molecule has 0 atom stereocenters. The van der Waals surface area contributed by atoms with E-state index in [-0.39, 0.29) is 11.5 Å². The van der Waals surface area contributed by atoms with E-state index in [0.29, 0.717) is 6.61 Å². The quantitative estimate of drug-likeness (QED) is 0.427. The van der Waals surface area contributed by atoms with Crippen molar-refractivity contribution in [3.8, 4) is 39.5 Å². The molecular formula is C25H20O3. The van der Waals surface area contributed by atoms with Crippen molar-refractivity contribution >= 4 is 10.8 Å². The van der Waals surface area contributed by atoms with Gasteiger partial charge in [-0.2, -0.15) is 0 Å². The standard InChI is InChI=1S/C25H20O3/c1-14-3-4-17(9-15(14)2)24-22-12-20(27)6-5-16(22)11-23-21-8-7-19(26)10-18(21)13-28-25(23)24/h3-12,26-27H,13H2,1-2H3. The number of phenolic OH excluding ortho intramolecular Hbond substituents is 2. The van der Waals surface area contributed by atoms with Crippen LogP contribution >= 0.6 is 0 Å². The largest absolute Gasteiger partial charge is 0.508 e. The van der Waals surface area contributed by atoms with Crippen molar-refractivity contribution in [2.24, 2.45) is 0 Å². The predicted molar refractivity (Wildman–Crippen MR) is 112 cm³/mol. The fourth-order valence-electron chi connectivity index (χ4n) is 4.01. The Kier molecular flexibility index (Phi) is 3.59. The Balaban J connectivity index is 1.89. The average Bonchev–Trinajstić information content (AvgIpc) is 2.68. The molecule has 0 saturated heterocycles. The van der Waals surface area contributed by atoms with Gasteiger partial charge in [-0.1, -0.05) is 30.3 Å². The lowest BCUT2D eigenvalue weighted by atomic mass is 9.88. The van der Waals surface area contributed by atoms with E-state index in [9.17, 15) is 10.2 Å². The topological polar surface area (TPSA) is 49.7 Å². The third kappa shape index (κ3) is 2.51. The number of rotatable bonds is 1. The molecule has 0 spiro atoms. The first-order chi connectivity index (χ1) is 13.5. The molecule has 138 valence electrons. The summed E-state index contributed by atoms with van der Waals surface area (Å²) in [5, 5.41) is 22.0. The molecule has 4 aromatic carbocycles. The van der Waals surface area contributed by atoms with Crippen LogP contribution in [0.4, 0.5) is 0 Å². The second kappa shape index (κ2) is 6.03. The molecule has 1 aliphatic heterocycles. The van der Waals surface area contributed by atoms with E-state index >= 15 is 0 Å². The highest BCUT2D eigenvalue weighted by Crippen LogP contribution is 2.48. The summed E-state index contributed by atoms with van der Waals surface area (Å²) < 4.78 is 6.22. The number of aryl methyl sites for hydroxylation is 2. The van der Waals surface area contributed by atoms with E-state index in [1.807, 2.05) is 12.1 Å². The minimum atomic E-state index is 0.235. The first-order valence-corrected chi connectivity index (χ1v) is 9.34. The normalized spacial score (nSPS) is 12.4. The van der Waals surface area contributed by atoms with E-state index in [1.165, 1.54) is 11.1 Å². The molecule has 1 heterocycles. The van der Waals surface area contributed by atoms with Gasteiger partial charge in [-0.15, -0.1) is 0 Å². The Morgan fingerprint density at radius 2 is 1.54 bits per heavy atom. The number of hydrogen-bond donors (Lipinski definition) is 2. The lowest BCUT2D eigenvalue weighted by molar-refractivity contribution is 0.303. The van der Waals surface area contributed by atoms with Crippen LogP contribution in [0.5, 0.6) is 17.2 Å². The summed E-state index contributed by atoms with van der Waals surface area (Å²) in [4.78, 5) is 0. The molecule has 0 amide bonds. The molecule has 0 aromatic heterocycles. The number of fused-ring (bicyclic) bond motifs is 4. The zero-order valence-corrected chi connectivity index (χ0v) is 15.8. The van der Waals surface area contributed by atoms with Crippen LogP contribution in [-0.4, -0.2) is 10.2 Å². The van der Waals surface area contributed by atoms with Crippen LogP contribution in [0.2, 0.25) is 0 Å². The molecule has 4 aromatic rings. The highest BCUT2D eigenvalue weighted by atomic mass is 16.5. The van der Waals surface area contributed by atoms with Crippen molar-refractivity contribution in [1.82, 2.24) is 0 Å². The van der Waals surface area contributed by atoms with Crippen LogP contribution < -0.4 is 4.74 Å². The van der Waals surface area contributed by atoms with E-state index < -0.39 is 0 Å². The Bertz CT molecular complexity index is 1250. The summed E-state index contributed by atoms with van der Waals surface area (Å²) in [6, 6.07) is 19.4. The predicted octanol–water partition coefficient (Wildman–Crippen LogP) is 6.09. The second-order valence-corrected chi connectivity index (χ2v) is 7.46. The molecule has 0 radical (unpaired) electrons. The zero-order valence-electron chi connectivity index (χ0n) is 15.8. The Morgan fingerprint density at radius 1 is 0.750 bits per heavy atom. The van der Waals surface area contributed by atoms with Gasteiger partial charge >= 0.3 is 0 Å². The SMILES string of the molecule is Cc1ccc(-c2c3c(cc4ccc(O)cc24)-c2ccc(O)cc2CO3)cc1C. The Labute approximate surface area is 163 Å². The van der Waals surface area contributed by atoms with Crippen molar-refractivity contribution in [1.29, 1.82) is 0 Å². The molecule has 28 heavy (non-hydrogen) atoms. The van der Waals surface area contributed by atoms with Crippen LogP contribution in [0.25, 0.3) is 33.0 Å². The summed E-state index contributed by atoms with van der Waals surface area (Å²) in [6.07, 6.45) is 0. The molecule has 3 heteroatoms. The van der Waals surface area contributed by atoms with Crippen LogP contribution in [0, 0.1) is 13.8 Å². The van der Waals surface area contributed by atoms with Gasteiger partial charge in [0.05, 0.1) is 0 Å². The Morgan fingerprint density at radius 3 is 2.36 bits per heavy atom. The average molecular weight is 368 g/mol. The molecule has 2 N–H and O–H groups in total.